The third-order valence-electron chi connectivity index (χ3n) is 8.19. The van der Waals surface area contributed by atoms with E-state index in [0.717, 1.165) is 37.7 Å². The molecule has 0 bridgehead atoms. The molecule has 3 N–H and O–H groups in total. The second kappa shape index (κ2) is 9.30. The van der Waals surface area contributed by atoms with E-state index in [1.165, 1.54) is 5.57 Å². The van der Waals surface area contributed by atoms with Crippen LogP contribution < -0.4 is 0 Å². The maximum Gasteiger partial charge on any atom is 0.0811 e. The summed E-state index contributed by atoms with van der Waals surface area (Å²) in [6.45, 7) is 2.64. The number of hydrogen-bond donors (Lipinski definition) is 3. The van der Waals surface area contributed by atoms with E-state index in [2.05, 4.69) is 26.5 Å². The zero-order valence-electron chi connectivity index (χ0n) is 24.7. The van der Waals surface area contributed by atoms with Crippen LogP contribution in [0.2, 0.25) is 0 Å². The highest BCUT2D eigenvalue weighted by Crippen LogP contribution is 2.60. The maximum absolute atomic E-state index is 10.6. The molecule has 30 heavy (non-hydrogen) atoms. The number of allylic oxidation sites excluding steroid dienone is 3. The van der Waals surface area contributed by atoms with Crippen molar-refractivity contribution in [3.8, 4) is 0 Å². The lowest BCUT2D eigenvalue weighted by Gasteiger charge is -2.44. The van der Waals surface area contributed by atoms with Gasteiger partial charge in [-0.25, -0.2) is 0 Å². The van der Waals surface area contributed by atoms with Crippen molar-refractivity contribution < 1.29 is 23.5 Å². The predicted molar refractivity (Wildman–Crippen MR) is 124 cm³/mol. The van der Waals surface area contributed by atoms with Gasteiger partial charge in [-0.2, -0.15) is 0 Å². The largest absolute Gasteiger partial charge is 0.393 e. The quantitative estimate of drug-likeness (QED) is 0.514. The standard InChI is InChI=1S/C27H44O3/c1-18(8-6-14-26(3,4)30)23-12-13-24-20(9-7-15-27(23,24)5)10-11-21-16-22(28)17-25(29)19(21)2/h10-11,18,22-25,28-30H,2,6-9,12-17H2,1,3-5H3/b20-10?,21-11-/t18-,22-,23-,24?,25-,27-/m1/s1/i3D3,4D3. The van der Waals surface area contributed by atoms with Gasteiger partial charge < -0.3 is 15.3 Å². The lowest BCUT2D eigenvalue weighted by molar-refractivity contribution is 0.0596. The molecule has 170 valence electrons. The molecular weight excluding hydrogens is 372 g/mol. The Morgan fingerprint density at radius 2 is 2.07 bits per heavy atom. The molecule has 0 spiro atoms. The van der Waals surface area contributed by atoms with Gasteiger partial charge in [0.15, 0.2) is 0 Å². The maximum atomic E-state index is 10.6. The van der Waals surface area contributed by atoms with Gasteiger partial charge in [-0.1, -0.05) is 51.0 Å². The number of rotatable bonds is 6. The van der Waals surface area contributed by atoms with Crippen LogP contribution in [0.25, 0.3) is 0 Å². The molecule has 3 aliphatic rings. The smallest absolute Gasteiger partial charge is 0.0811 e. The van der Waals surface area contributed by atoms with Gasteiger partial charge in [-0.15, -0.1) is 0 Å². The Labute approximate surface area is 192 Å². The fraction of sp³-hybridized carbons (Fsp3) is 0.778. The highest BCUT2D eigenvalue weighted by molar-refractivity contribution is 5.38. The SMILES string of the molecule is [2H]C([2H])([2H])C(O)(CCC[C@@H](C)[C@H]1CCC2C(=C/C=C3/C[C@@H](O)C[C@@H](O)C3=C)CCC[C@@]21C)C([2H])([2H])[2H]. The molecule has 6 atom stereocenters. The lowest BCUT2D eigenvalue weighted by Crippen LogP contribution is -2.36. The normalized spacial score (nSPS) is 42.6. The van der Waals surface area contributed by atoms with Gasteiger partial charge in [-0.05, 0) is 93.0 Å². The van der Waals surface area contributed by atoms with Crippen molar-refractivity contribution in [2.45, 2.75) is 110 Å². The molecule has 0 heterocycles. The lowest BCUT2D eigenvalue weighted by atomic mass is 9.60. The molecule has 0 aromatic carbocycles. The van der Waals surface area contributed by atoms with Crippen LogP contribution in [0.5, 0.6) is 0 Å². The Kier molecular flexibility index (Phi) is 5.18. The van der Waals surface area contributed by atoms with E-state index in [1.54, 1.807) is 0 Å². The minimum atomic E-state index is -2.96. The summed E-state index contributed by atoms with van der Waals surface area (Å²) < 4.78 is 45.6. The fourth-order valence-electron chi connectivity index (χ4n) is 6.56. The number of aliphatic hydroxyl groups is 3. The van der Waals surface area contributed by atoms with Crippen LogP contribution in [0.4, 0.5) is 0 Å². The molecule has 3 saturated carbocycles. The van der Waals surface area contributed by atoms with Crippen LogP contribution in [-0.2, 0) is 0 Å². The zero-order valence-corrected chi connectivity index (χ0v) is 18.7. The van der Waals surface area contributed by atoms with E-state index in [4.69, 9.17) is 8.22 Å². The van der Waals surface area contributed by atoms with Crippen molar-refractivity contribution in [2.75, 3.05) is 0 Å². The Morgan fingerprint density at radius 3 is 2.80 bits per heavy atom. The molecule has 0 aliphatic heterocycles. The van der Waals surface area contributed by atoms with E-state index >= 15 is 0 Å². The van der Waals surface area contributed by atoms with Crippen molar-refractivity contribution in [1.82, 2.24) is 0 Å². The minimum absolute atomic E-state index is 0.120. The Bertz CT molecular complexity index is 860. The molecular formula is C27H44O3. The monoisotopic (exact) mass is 422 g/mol. The second-order valence-corrected chi connectivity index (χ2v) is 10.4. The van der Waals surface area contributed by atoms with E-state index < -0.39 is 31.5 Å². The minimum Gasteiger partial charge on any atom is -0.393 e. The summed E-state index contributed by atoms with van der Waals surface area (Å²) in [4.78, 5) is 0. The van der Waals surface area contributed by atoms with Gasteiger partial charge in [-0.3, -0.25) is 0 Å². The highest BCUT2D eigenvalue weighted by Gasteiger charge is 2.50. The summed E-state index contributed by atoms with van der Waals surface area (Å²) in [5.74, 6) is 1.18. The van der Waals surface area contributed by atoms with Gasteiger partial charge in [0.1, 0.15) is 0 Å². The molecule has 3 nitrogen and oxygen atoms in total. The second-order valence-electron chi connectivity index (χ2n) is 10.4. The van der Waals surface area contributed by atoms with Gasteiger partial charge >= 0.3 is 0 Å². The molecule has 1 unspecified atom stereocenters. The van der Waals surface area contributed by atoms with E-state index in [-0.39, 0.29) is 11.8 Å². The Hall–Kier alpha value is -0.900. The van der Waals surface area contributed by atoms with Crippen LogP contribution in [-0.4, -0.2) is 33.1 Å². The topological polar surface area (TPSA) is 60.7 Å². The molecule has 0 aromatic heterocycles. The average molecular weight is 423 g/mol. The van der Waals surface area contributed by atoms with Crippen LogP contribution in [0.1, 0.15) is 100.0 Å². The third kappa shape index (κ3) is 5.29. The van der Waals surface area contributed by atoms with Crippen molar-refractivity contribution in [2.24, 2.45) is 23.2 Å². The Morgan fingerprint density at radius 1 is 1.30 bits per heavy atom. The number of hydrogen-bond acceptors (Lipinski definition) is 3. The molecule has 3 heteroatoms. The average Bonchev–Trinajstić information content (AvgIpc) is 3.11. The first-order chi connectivity index (χ1) is 16.5. The highest BCUT2D eigenvalue weighted by atomic mass is 16.3. The summed E-state index contributed by atoms with van der Waals surface area (Å²) in [6.07, 6.45) is 10.0. The summed E-state index contributed by atoms with van der Waals surface area (Å²) in [5.41, 5.74) is 0.463. The summed E-state index contributed by atoms with van der Waals surface area (Å²) in [7, 11) is 0. The molecule has 0 aromatic rings. The van der Waals surface area contributed by atoms with Crippen molar-refractivity contribution >= 4 is 0 Å². The van der Waals surface area contributed by atoms with Crippen molar-refractivity contribution in [3.05, 3.63) is 35.5 Å². The first kappa shape index (κ1) is 16.7. The number of aliphatic hydroxyl groups excluding tert-OH is 2. The predicted octanol–water partition coefficient (Wildman–Crippen LogP) is 5.70. The van der Waals surface area contributed by atoms with Crippen LogP contribution in [0.3, 0.4) is 0 Å². The van der Waals surface area contributed by atoms with Gasteiger partial charge in [0.25, 0.3) is 0 Å². The molecule has 3 rings (SSSR count). The fourth-order valence-corrected chi connectivity index (χ4v) is 6.56. The van der Waals surface area contributed by atoms with Gasteiger partial charge in [0.2, 0.25) is 0 Å². The Balaban J connectivity index is 1.69. The molecule has 0 saturated heterocycles. The number of fused-ring (bicyclic) bond motifs is 1. The third-order valence-corrected chi connectivity index (χ3v) is 8.19. The van der Waals surface area contributed by atoms with Crippen molar-refractivity contribution in [1.29, 1.82) is 0 Å². The summed E-state index contributed by atoms with van der Waals surface area (Å²) in [6, 6.07) is 0. The molecule has 3 fully saturated rings. The van der Waals surface area contributed by atoms with Gasteiger partial charge in [0, 0.05) is 14.6 Å². The zero-order chi connectivity index (χ0) is 27.1. The van der Waals surface area contributed by atoms with Crippen LogP contribution in [0.15, 0.2) is 35.5 Å². The summed E-state index contributed by atoms with van der Waals surface area (Å²) >= 11 is 0. The first-order valence-corrected chi connectivity index (χ1v) is 11.7. The first-order valence-electron chi connectivity index (χ1n) is 14.7. The molecule has 3 aliphatic carbocycles. The van der Waals surface area contributed by atoms with E-state index in [0.29, 0.717) is 49.0 Å². The van der Waals surface area contributed by atoms with Crippen LogP contribution in [0, 0.1) is 23.2 Å². The van der Waals surface area contributed by atoms with E-state index in [1.807, 2.05) is 6.08 Å². The van der Waals surface area contributed by atoms with Crippen molar-refractivity contribution in [3.63, 3.8) is 0 Å². The van der Waals surface area contributed by atoms with Crippen LogP contribution >= 0.6 is 0 Å². The summed E-state index contributed by atoms with van der Waals surface area (Å²) in [5, 5.41) is 30.8. The van der Waals surface area contributed by atoms with E-state index in [9.17, 15) is 15.3 Å². The molecule has 0 radical (unpaired) electrons. The molecule has 0 amide bonds. The van der Waals surface area contributed by atoms with Gasteiger partial charge in [0.05, 0.1) is 17.8 Å².